The van der Waals surface area contributed by atoms with Crippen molar-refractivity contribution in [2.24, 2.45) is 40.5 Å². The molecule has 0 aromatic heterocycles. The maximum Gasteiger partial charge on any atom is 0.0726 e. The van der Waals surface area contributed by atoms with Gasteiger partial charge in [-0.2, -0.15) is 7.05 Å². The van der Waals surface area contributed by atoms with Crippen LogP contribution in [0, 0.1) is 42.6 Å². The summed E-state index contributed by atoms with van der Waals surface area (Å²) in [6.07, 6.45) is 7.61. The summed E-state index contributed by atoms with van der Waals surface area (Å²) in [6.45, 7) is 13.9. The Morgan fingerprint density at radius 3 is 2.80 bits per heavy atom. The molecule has 3 rings (SSSR count). The standard InChI is InChI=1S/C22H36N2S/c1-14-7-8-18-20-17(9-10-22(18,5)23-6)15(2)11-16(19(14)20)12-21(3,4)24-13-25/h15-20H,1,6-12,23H2,2-5H3/t15-,16-,17+,18-,19-,20+,22-/m0/s1. The predicted octanol–water partition coefficient (Wildman–Crippen LogP) is 4.64. The fourth-order valence-electron chi connectivity index (χ4n) is 6.80. The fourth-order valence-corrected chi connectivity index (χ4v) is 7.04. The molecular formula is C22H36N2S. The number of aliphatic imine (C=N–C) groups is 1. The van der Waals surface area contributed by atoms with E-state index in [1.165, 1.54) is 37.7 Å². The molecule has 2 N–H and O–H groups in total. The summed E-state index contributed by atoms with van der Waals surface area (Å²) in [4.78, 5) is 4.47. The van der Waals surface area contributed by atoms with Gasteiger partial charge < -0.3 is 5.32 Å². The number of nitrogens with two attached hydrogens (primary N) is 1. The number of thiocarbonyl (C=S) groups is 1. The summed E-state index contributed by atoms with van der Waals surface area (Å²) in [6, 6.07) is 0. The third-order valence-corrected chi connectivity index (χ3v) is 8.07. The average molecular weight is 361 g/mol. The Labute approximate surface area is 159 Å². The Morgan fingerprint density at radius 1 is 1.44 bits per heavy atom. The molecule has 3 aliphatic rings. The highest BCUT2D eigenvalue weighted by Gasteiger charge is 2.57. The number of quaternary nitrogens is 1. The van der Waals surface area contributed by atoms with E-state index in [0.717, 1.165) is 30.1 Å². The molecule has 0 bridgehead atoms. The molecule has 0 amide bonds. The zero-order chi connectivity index (χ0) is 18.4. The lowest BCUT2D eigenvalue weighted by Crippen LogP contribution is -2.94. The van der Waals surface area contributed by atoms with Crippen LogP contribution < -0.4 is 5.32 Å². The second-order valence-corrected chi connectivity index (χ2v) is 10.2. The number of hydrogen-bond donors (Lipinski definition) is 1. The van der Waals surface area contributed by atoms with Crippen LogP contribution in [-0.4, -0.2) is 16.2 Å². The van der Waals surface area contributed by atoms with Gasteiger partial charge in [-0.1, -0.05) is 19.1 Å². The van der Waals surface area contributed by atoms with Gasteiger partial charge in [-0.3, -0.25) is 0 Å². The van der Waals surface area contributed by atoms with E-state index in [4.69, 9.17) is 12.2 Å². The van der Waals surface area contributed by atoms with Gasteiger partial charge in [0.2, 0.25) is 0 Å². The predicted molar refractivity (Wildman–Crippen MR) is 108 cm³/mol. The van der Waals surface area contributed by atoms with Crippen LogP contribution in [0.5, 0.6) is 0 Å². The first-order chi connectivity index (χ1) is 11.7. The van der Waals surface area contributed by atoms with E-state index in [-0.39, 0.29) is 5.54 Å². The fraction of sp³-hybridized carbons (Fsp3) is 0.818. The van der Waals surface area contributed by atoms with Crippen molar-refractivity contribution in [1.82, 2.24) is 0 Å². The lowest BCUT2D eigenvalue weighted by Gasteiger charge is -2.60. The summed E-state index contributed by atoms with van der Waals surface area (Å²) in [7, 11) is 4.22. The largest absolute Gasteiger partial charge is 0.474 e. The van der Waals surface area contributed by atoms with Gasteiger partial charge in [0.1, 0.15) is 0 Å². The van der Waals surface area contributed by atoms with Crippen LogP contribution in [0.15, 0.2) is 17.1 Å². The molecule has 0 radical (unpaired) electrons. The average Bonchev–Trinajstić information content (AvgIpc) is 2.53. The second-order valence-electron chi connectivity index (χ2n) is 10.0. The van der Waals surface area contributed by atoms with Crippen molar-refractivity contribution in [3.8, 4) is 0 Å². The molecule has 0 unspecified atom stereocenters. The molecule has 3 fully saturated rings. The Balaban J connectivity index is 1.94. The summed E-state index contributed by atoms with van der Waals surface area (Å²) in [5, 5.41) is 4.90. The molecule has 7 atom stereocenters. The van der Waals surface area contributed by atoms with Gasteiger partial charge in [0.05, 0.1) is 16.2 Å². The lowest BCUT2D eigenvalue weighted by atomic mass is 9.46. The molecule has 0 aromatic carbocycles. The van der Waals surface area contributed by atoms with Gasteiger partial charge in [-0.25, -0.2) is 4.99 Å². The number of nitrogens with zero attached hydrogens (tertiary/aromatic N) is 1. The molecule has 2 nitrogen and oxygen atoms in total. The smallest absolute Gasteiger partial charge is 0.0726 e. The number of isothiocyanates is 1. The molecule has 3 heteroatoms. The van der Waals surface area contributed by atoms with Crippen molar-refractivity contribution >= 4 is 17.4 Å². The van der Waals surface area contributed by atoms with E-state index in [2.05, 4.69) is 56.8 Å². The van der Waals surface area contributed by atoms with Crippen molar-refractivity contribution in [2.45, 2.75) is 77.3 Å². The van der Waals surface area contributed by atoms with Gasteiger partial charge in [0, 0.05) is 12.3 Å². The van der Waals surface area contributed by atoms with E-state index in [9.17, 15) is 0 Å². The first-order valence-corrected chi connectivity index (χ1v) is 10.5. The van der Waals surface area contributed by atoms with Crippen molar-refractivity contribution in [1.29, 1.82) is 0 Å². The zero-order valence-corrected chi connectivity index (χ0v) is 17.4. The van der Waals surface area contributed by atoms with E-state index >= 15 is 0 Å². The Morgan fingerprint density at radius 2 is 2.16 bits per heavy atom. The summed E-state index contributed by atoms with van der Waals surface area (Å²) < 4.78 is 0. The lowest BCUT2D eigenvalue weighted by molar-refractivity contribution is -0.688. The van der Waals surface area contributed by atoms with Crippen molar-refractivity contribution in [2.75, 3.05) is 0 Å². The minimum absolute atomic E-state index is 0.109. The van der Waals surface area contributed by atoms with Gasteiger partial charge >= 0.3 is 0 Å². The number of rotatable bonds is 4. The molecule has 0 spiro atoms. The summed E-state index contributed by atoms with van der Waals surface area (Å²) >= 11 is 4.90. The second kappa shape index (κ2) is 6.91. The molecule has 0 aromatic rings. The van der Waals surface area contributed by atoms with E-state index < -0.39 is 0 Å². The minimum Gasteiger partial charge on any atom is -0.474 e. The Kier molecular flexibility index (Phi) is 5.32. The number of hydrogen-bond acceptors (Lipinski definition) is 2. The van der Waals surface area contributed by atoms with Crippen LogP contribution in [0.25, 0.3) is 0 Å². The van der Waals surface area contributed by atoms with Gasteiger partial charge in [-0.05, 0) is 94.7 Å². The highest BCUT2D eigenvalue weighted by Crippen LogP contribution is 2.60. The van der Waals surface area contributed by atoms with Crippen LogP contribution in [0.1, 0.15) is 66.2 Å². The first-order valence-electron chi connectivity index (χ1n) is 10.1. The molecule has 0 saturated heterocycles. The van der Waals surface area contributed by atoms with E-state index in [1.54, 1.807) is 0 Å². The molecule has 25 heavy (non-hydrogen) atoms. The topological polar surface area (TPSA) is 29.0 Å². The van der Waals surface area contributed by atoms with Crippen molar-refractivity contribution in [3.63, 3.8) is 0 Å². The van der Waals surface area contributed by atoms with Crippen LogP contribution in [-0.2, 0) is 0 Å². The molecule has 0 heterocycles. The monoisotopic (exact) mass is 360 g/mol. The summed E-state index contributed by atoms with van der Waals surface area (Å²) in [5.74, 6) is 4.59. The maximum atomic E-state index is 4.90. The van der Waals surface area contributed by atoms with Gasteiger partial charge in [0.25, 0.3) is 0 Å². The van der Waals surface area contributed by atoms with E-state index in [0.29, 0.717) is 17.4 Å². The van der Waals surface area contributed by atoms with Crippen LogP contribution >= 0.6 is 12.2 Å². The zero-order valence-electron chi connectivity index (χ0n) is 16.6. The van der Waals surface area contributed by atoms with Crippen LogP contribution in [0.4, 0.5) is 0 Å². The summed E-state index contributed by atoms with van der Waals surface area (Å²) in [5.41, 5.74) is 1.71. The van der Waals surface area contributed by atoms with Crippen molar-refractivity contribution in [3.05, 3.63) is 19.2 Å². The van der Waals surface area contributed by atoms with E-state index in [1.807, 2.05) is 0 Å². The van der Waals surface area contributed by atoms with Crippen LogP contribution in [0.3, 0.4) is 0 Å². The third kappa shape index (κ3) is 3.40. The molecular weight excluding hydrogens is 324 g/mol. The van der Waals surface area contributed by atoms with Crippen molar-refractivity contribution < 1.29 is 5.32 Å². The molecule has 0 aliphatic heterocycles. The maximum absolute atomic E-state index is 4.90. The Hall–Kier alpha value is -0.500. The Bertz CT molecular complexity index is 577. The molecule has 3 saturated carbocycles. The highest BCUT2D eigenvalue weighted by atomic mass is 32.1. The SMILES string of the molecule is C=C1CC[C@H]2[C@H]3[C@H](CC[C@]2(C)[NH2+][CH2-])[C@@H](C)C[C@@H](CC(C)(C)N=C=S)[C@H]13. The quantitative estimate of drug-likeness (QED) is 0.336. The van der Waals surface area contributed by atoms with Gasteiger partial charge in [-0.15, -0.1) is 0 Å². The first kappa shape index (κ1) is 19.3. The third-order valence-electron chi connectivity index (χ3n) is 7.97. The van der Waals surface area contributed by atoms with Gasteiger partial charge in [0.15, 0.2) is 0 Å². The normalized spacial score (nSPS) is 44.0. The number of allylic oxidation sites excluding steroid dienone is 1. The highest BCUT2D eigenvalue weighted by molar-refractivity contribution is 7.78. The molecule has 140 valence electrons. The van der Waals surface area contributed by atoms with Crippen LogP contribution in [0.2, 0.25) is 0 Å². The molecule has 3 aliphatic carbocycles. The minimum atomic E-state index is -0.109.